The van der Waals surface area contributed by atoms with Crippen molar-refractivity contribution in [2.24, 2.45) is 0 Å². The molecule has 0 amide bonds. The number of nitrogens with zero attached hydrogens (tertiary/aromatic N) is 6. The first-order chi connectivity index (χ1) is 16.8. The van der Waals surface area contributed by atoms with Gasteiger partial charge in [-0.15, -0.1) is 5.10 Å². The molecule has 9 heteroatoms. The quantitative estimate of drug-likeness (QED) is 0.501. The number of rotatable bonds is 9. The summed E-state index contributed by atoms with van der Waals surface area (Å²) in [5, 5.41) is 13.9. The molecule has 1 aliphatic heterocycles. The van der Waals surface area contributed by atoms with Gasteiger partial charge in [-0.05, 0) is 68.1 Å². The highest BCUT2D eigenvalue weighted by molar-refractivity contribution is 5.79. The number of pyridine rings is 1. The van der Waals surface area contributed by atoms with Crippen LogP contribution in [-0.2, 0) is 16.8 Å². The Balaban J connectivity index is 1.69. The first kappa shape index (κ1) is 25.5. The van der Waals surface area contributed by atoms with E-state index in [1.165, 1.54) is 5.56 Å². The summed E-state index contributed by atoms with van der Waals surface area (Å²) >= 11 is 0. The average Bonchev–Trinajstić information content (AvgIpc) is 3.32. The van der Waals surface area contributed by atoms with Gasteiger partial charge in [0.15, 0.2) is 5.82 Å². The Labute approximate surface area is 207 Å². The molecule has 1 aromatic carbocycles. The van der Waals surface area contributed by atoms with Gasteiger partial charge in [0, 0.05) is 43.8 Å². The molecule has 1 N–H and O–H groups in total. The van der Waals surface area contributed by atoms with Crippen molar-refractivity contribution in [2.45, 2.75) is 65.6 Å². The van der Waals surface area contributed by atoms with Crippen LogP contribution in [0.2, 0.25) is 0 Å². The Hall–Kier alpha value is -2.62. The lowest BCUT2D eigenvalue weighted by molar-refractivity contribution is 0.0287. The molecule has 2 aromatic heterocycles. The molecule has 0 bridgehead atoms. The van der Waals surface area contributed by atoms with Crippen molar-refractivity contribution in [2.75, 3.05) is 39.4 Å². The Morgan fingerprint density at radius 1 is 1.20 bits per heavy atom. The van der Waals surface area contributed by atoms with E-state index in [1.807, 2.05) is 22.9 Å². The van der Waals surface area contributed by atoms with E-state index in [4.69, 9.17) is 4.74 Å². The summed E-state index contributed by atoms with van der Waals surface area (Å²) in [6.45, 7) is 16.3. The molecule has 4 rings (SSSR count). The van der Waals surface area contributed by atoms with Gasteiger partial charge in [0.25, 0.3) is 5.56 Å². The third-order valence-corrected chi connectivity index (χ3v) is 6.69. The van der Waals surface area contributed by atoms with Crippen LogP contribution < -0.4 is 5.56 Å². The highest BCUT2D eigenvalue weighted by Crippen LogP contribution is 2.28. The lowest BCUT2D eigenvalue weighted by Crippen LogP contribution is -2.43. The van der Waals surface area contributed by atoms with Crippen molar-refractivity contribution in [1.82, 2.24) is 35.0 Å². The number of hydrogen-bond donors (Lipinski definition) is 1. The molecule has 0 radical (unpaired) electrons. The number of tetrazole rings is 1. The number of nitrogens with one attached hydrogen (secondary N) is 1. The van der Waals surface area contributed by atoms with E-state index in [0.29, 0.717) is 6.54 Å². The molecule has 3 aromatic rings. The molecule has 3 heterocycles. The van der Waals surface area contributed by atoms with Crippen molar-refractivity contribution < 1.29 is 4.74 Å². The van der Waals surface area contributed by atoms with Crippen LogP contribution in [0.25, 0.3) is 10.9 Å². The predicted octanol–water partition coefficient (Wildman–Crippen LogP) is 3.25. The minimum atomic E-state index is -0.237. The number of aromatic nitrogens is 5. The lowest BCUT2D eigenvalue weighted by atomic mass is 10.0. The van der Waals surface area contributed by atoms with Gasteiger partial charge in [0.05, 0.1) is 24.8 Å². The number of fused-ring (bicyclic) bond motifs is 1. The standard InChI is InChI=1S/C26H39N7O2/c1-6-7-23(24-28-29-30-33(24)26(3,4)5)32(11-10-31-12-14-35-15-13-31)18-21-17-20-16-19(2)8-9-22(20)27-25(21)34/h8-9,16-17,23H,6-7,10-15,18H2,1-5H3,(H,27,34)/t23-/m0/s1. The highest BCUT2D eigenvalue weighted by atomic mass is 16.5. The Morgan fingerprint density at radius 2 is 1.97 bits per heavy atom. The number of morpholine rings is 1. The van der Waals surface area contributed by atoms with Crippen LogP contribution in [0.5, 0.6) is 0 Å². The van der Waals surface area contributed by atoms with Crippen LogP contribution in [-0.4, -0.2) is 74.4 Å². The molecular weight excluding hydrogens is 442 g/mol. The Bertz CT molecular complexity index is 1170. The smallest absolute Gasteiger partial charge is 0.252 e. The summed E-state index contributed by atoms with van der Waals surface area (Å²) in [5.41, 5.74) is 2.53. The number of H-pyrrole nitrogens is 1. The second-order valence-corrected chi connectivity index (χ2v) is 10.6. The summed E-state index contributed by atoms with van der Waals surface area (Å²) in [4.78, 5) is 21.0. The van der Waals surface area contributed by atoms with Crippen LogP contribution in [0, 0.1) is 6.92 Å². The minimum absolute atomic E-state index is 0.00266. The fourth-order valence-corrected chi connectivity index (χ4v) is 4.78. The number of aromatic amines is 1. The second-order valence-electron chi connectivity index (χ2n) is 10.6. The summed E-state index contributed by atoms with van der Waals surface area (Å²) in [6.07, 6.45) is 1.90. The number of aryl methyl sites for hydroxylation is 1. The maximum absolute atomic E-state index is 13.1. The largest absolute Gasteiger partial charge is 0.379 e. The molecule has 9 nitrogen and oxygen atoms in total. The SMILES string of the molecule is CCC[C@@H](c1nnnn1C(C)(C)C)N(CCN1CCOCC1)Cc1cc2cc(C)ccc2[nH]c1=O. The zero-order valence-corrected chi connectivity index (χ0v) is 21.8. The van der Waals surface area contributed by atoms with E-state index in [9.17, 15) is 4.79 Å². The minimum Gasteiger partial charge on any atom is -0.379 e. The fraction of sp³-hybridized carbons (Fsp3) is 0.615. The monoisotopic (exact) mass is 481 g/mol. The second kappa shape index (κ2) is 11.0. The van der Waals surface area contributed by atoms with Gasteiger partial charge in [-0.3, -0.25) is 14.6 Å². The molecule has 1 atom stereocenters. The van der Waals surface area contributed by atoms with Crippen LogP contribution in [0.1, 0.15) is 63.5 Å². The molecule has 1 aliphatic rings. The van der Waals surface area contributed by atoms with E-state index >= 15 is 0 Å². The van der Waals surface area contributed by atoms with Crippen molar-refractivity contribution in [3.8, 4) is 0 Å². The fourth-order valence-electron chi connectivity index (χ4n) is 4.78. The predicted molar refractivity (Wildman–Crippen MR) is 137 cm³/mol. The Kier molecular flexibility index (Phi) is 7.98. The third-order valence-electron chi connectivity index (χ3n) is 6.69. The average molecular weight is 482 g/mol. The zero-order chi connectivity index (χ0) is 25.0. The normalized spacial score (nSPS) is 16.3. The maximum Gasteiger partial charge on any atom is 0.252 e. The summed E-state index contributed by atoms with van der Waals surface area (Å²) in [7, 11) is 0. The van der Waals surface area contributed by atoms with E-state index in [1.54, 1.807) is 0 Å². The van der Waals surface area contributed by atoms with Crippen LogP contribution in [0.4, 0.5) is 0 Å². The van der Waals surface area contributed by atoms with E-state index < -0.39 is 0 Å². The molecule has 0 spiro atoms. The van der Waals surface area contributed by atoms with Gasteiger partial charge < -0.3 is 9.72 Å². The Morgan fingerprint density at radius 3 is 2.69 bits per heavy atom. The van der Waals surface area contributed by atoms with Gasteiger partial charge in [0.2, 0.25) is 0 Å². The van der Waals surface area contributed by atoms with Gasteiger partial charge >= 0.3 is 0 Å². The van der Waals surface area contributed by atoms with E-state index in [2.05, 4.69) is 71.0 Å². The summed E-state index contributed by atoms with van der Waals surface area (Å²) in [5.74, 6) is 0.856. The van der Waals surface area contributed by atoms with Crippen molar-refractivity contribution in [1.29, 1.82) is 0 Å². The molecule has 1 saturated heterocycles. The topological polar surface area (TPSA) is 92.2 Å². The molecule has 190 valence electrons. The van der Waals surface area contributed by atoms with Crippen LogP contribution >= 0.6 is 0 Å². The highest BCUT2D eigenvalue weighted by Gasteiger charge is 2.30. The summed E-state index contributed by atoms with van der Waals surface area (Å²) < 4.78 is 7.47. The first-order valence-corrected chi connectivity index (χ1v) is 12.7. The number of benzene rings is 1. The van der Waals surface area contributed by atoms with Crippen molar-refractivity contribution in [3.63, 3.8) is 0 Å². The molecule has 0 unspecified atom stereocenters. The van der Waals surface area contributed by atoms with E-state index in [-0.39, 0.29) is 17.1 Å². The van der Waals surface area contributed by atoms with Gasteiger partial charge in [-0.2, -0.15) is 0 Å². The van der Waals surface area contributed by atoms with Gasteiger partial charge in [-0.1, -0.05) is 25.0 Å². The molecule has 0 saturated carbocycles. The molecule has 35 heavy (non-hydrogen) atoms. The van der Waals surface area contributed by atoms with Crippen LogP contribution in [0.3, 0.4) is 0 Å². The first-order valence-electron chi connectivity index (χ1n) is 12.7. The van der Waals surface area contributed by atoms with Gasteiger partial charge in [-0.25, -0.2) is 4.68 Å². The molecule has 1 fully saturated rings. The molecule has 0 aliphatic carbocycles. The number of ether oxygens (including phenoxy) is 1. The summed E-state index contributed by atoms with van der Waals surface area (Å²) in [6, 6.07) is 8.16. The van der Waals surface area contributed by atoms with Crippen molar-refractivity contribution in [3.05, 3.63) is 51.6 Å². The molecular formula is C26H39N7O2. The lowest BCUT2D eigenvalue weighted by Gasteiger charge is -2.35. The maximum atomic E-state index is 13.1. The third kappa shape index (κ3) is 6.15. The number of hydrogen-bond acceptors (Lipinski definition) is 7. The van der Waals surface area contributed by atoms with Crippen molar-refractivity contribution >= 4 is 10.9 Å². The van der Waals surface area contributed by atoms with E-state index in [0.717, 1.165) is 74.5 Å². The zero-order valence-electron chi connectivity index (χ0n) is 21.8. The van der Waals surface area contributed by atoms with Gasteiger partial charge in [0.1, 0.15) is 0 Å². The van der Waals surface area contributed by atoms with Crippen LogP contribution in [0.15, 0.2) is 29.1 Å².